The first-order chi connectivity index (χ1) is 31.5. The monoisotopic (exact) mass is 817 g/mol. The summed E-state index contributed by atoms with van der Waals surface area (Å²) in [6.45, 7) is 4.73. The summed E-state index contributed by atoms with van der Waals surface area (Å²) in [4.78, 5) is 2.47. The summed E-state index contributed by atoms with van der Waals surface area (Å²) in [5.74, 6) is 0. The van der Waals surface area contributed by atoms with Crippen LogP contribution in [0.25, 0.3) is 66.1 Å². The minimum atomic E-state index is -0.545. The van der Waals surface area contributed by atoms with Crippen LogP contribution in [0.1, 0.15) is 47.2 Å². The summed E-state index contributed by atoms with van der Waals surface area (Å²) in [6.07, 6.45) is 0. The lowest BCUT2D eigenvalue weighted by atomic mass is 9.67. The summed E-state index contributed by atoms with van der Waals surface area (Å²) in [7, 11) is 0. The third kappa shape index (κ3) is 5.14. The first-order valence-corrected chi connectivity index (χ1v) is 22.3. The molecule has 2 aliphatic carbocycles. The Balaban J connectivity index is 1.12. The Labute approximate surface area is 373 Å². The van der Waals surface area contributed by atoms with Crippen LogP contribution in [0.2, 0.25) is 0 Å². The van der Waals surface area contributed by atoms with Crippen LogP contribution in [0, 0.1) is 0 Å². The first kappa shape index (κ1) is 36.7. The molecule has 0 saturated carbocycles. The highest BCUT2D eigenvalue weighted by atomic mass is 16.3. The molecule has 64 heavy (non-hydrogen) atoms. The van der Waals surface area contributed by atoms with Gasteiger partial charge in [0.2, 0.25) is 0 Å². The van der Waals surface area contributed by atoms with E-state index in [0.29, 0.717) is 0 Å². The van der Waals surface area contributed by atoms with Gasteiger partial charge in [-0.1, -0.05) is 196 Å². The Morgan fingerprint density at radius 1 is 0.375 bits per heavy atom. The average molecular weight is 818 g/mol. The molecular formula is C62H43NO. The zero-order chi connectivity index (χ0) is 42.6. The number of hydrogen-bond donors (Lipinski definition) is 0. The van der Waals surface area contributed by atoms with E-state index in [9.17, 15) is 0 Å². The van der Waals surface area contributed by atoms with Crippen LogP contribution in [0.5, 0.6) is 0 Å². The fraction of sp³-hybridized carbons (Fsp3) is 0.0645. The van der Waals surface area contributed by atoms with Gasteiger partial charge in [-0.2, -0.15) is 0 Å². The van der Waals surface area contributed by atoms with Crippen LogP contribution in [-0.2, 0) is 10.8 Å². The van der Waals surface area contributed by atoms with Gasteiger partial charge in [-0.3, -0.25) is 0 Å². The number of anilines is 3. The molecule has 0 unspecified atom stereocenters. The van der Waals surface area contributed by atoms with Gasteiger partial charge in [0.1, 0.15) is 11.2 Å². The molecule has 10 aromatic carbocycles. The van der Waals surface area contributed by atoms with Crippen molar-refractivity contribution in [1.82, 2.24) is 0 Å². The van der Waals surface area contributed by atoms with Crippen LogP contribution in [0.15, 0.2) is 229 Å². The van der Waals surface area contributed by atoms with Crippen molar-refractivity contribution in [2.24, 2.45) is 0 Å². The fourth-order valence-corrected chi connectivity index (χ4v) is 11.4. The standard InChI is InChI=1S/C62H43NO/c1-61(2)54-28-16-14-26-48(54)50-34-31-44(37-56(50)61)63(46-36-53(40-18-6-3-7-19-40)59-52-33-30-41-20-12-13-25-47(41)60(52)64-58(59)39-46)45-32-35-51-49-27-15-17-29-55(49)62(57(51)38-45,42-21-8-4-9-22-42)43-23-10-5-11-24-43/h3-39H,1-2H3. The van der Waals surface area contributed by atoms with Crippen LogP contribution >= 0.6 is 0 Å². The molecule has 13 rings (SSSR count). The third-order valence-electron chi connectivity index (χ3n) is 14.3. The molecule has 302 valence electrons. The molecule has 0 atom stereocenters. The van der Waals surface area contributed by atoms with E-state index in [1.807, 2.05) is 0 Å². The second kappa shape index (κ2) is 13.8. The molecule has 0 bridgehead atoms. The minimum Gasteiger partial charge on any atom is -0.455 e. The number of furan rings is 1. The molecule has 2 heteroatoms. The molecule has 0 saturated heterocycles. The fourth-order valence-electron chi connectivity index (χ4n) is 11.4. The van der Waals surface area contributed by atoms with Gasteiger partial charge in [0.05, 0.1) is 11.1 Å². The van der Waals surface area contributed by atoms with Crippen LogP contribution < -0.4 is 4.90 Å². The topological polar surface area (TPSA) is 16.4 Å². The Morgan fingerprint density at radius 3 is 1.62 bits per heavy atom. The van der Waals surface area contributed by atoms with Crippen molar-refractivity contribution >= 4 is 49.8 Å². The van der Waals surface area contributed by atoms with E-state index in [1.165, 1.54) is 61.0 Å². The average Bonchev–Trinajstić information content (AvgIpc) is 3.96. The molecule has 0 N–H and O–H groups in total. The molecule has 11 aromatic rings. The quantitative estimate of drug-likeness (QED) is 0.166. The van der Waals surface area contributed by atoms with E-state index < -0.39 is 5.41 Å². The largest absolute Gasteiger partial charge is 0.455 e. The van der Waals surface area contributed by atoms with Gasteiger partial charge in [-0.15, -0.1) is 0 Å². The zero-order valence-corrected chi connectivity index (χ0v) is 35.7. The second-order valence-electron chi connectivity index (χ2n) is 18.0. The molecule has 0 fully saturated rings. The van der Waals surface area contributed by atoms with E-state index in [2.05, 4.69) is 243 Å². The molecule has 2 aliphatic rings. The number of rotatable bonds is 6. The lowest BCUT2D eigenvalue weighted by Crippen LogP contribution is -2.28. The maximum absolute atomic E-state index is 7.08. The molecule has 1 heterocycles. The van der Waals surface area contributed by atoms with Crippen molar-refractivity contribution in [1.29, 1.82) is 0 Å². The molecule has 0 spiro atoms. The summed E-state index contributed by atoms with van der Waals surface area (Å²) < 4.78 is 7.08. The van der Waals surface area contributed by atoms with Gasteiger partial charge in [0.15, 0.2) is 0 Å². The van der Waals surface area contributed by atoms with E-state index >= 15 is 0 Å². The number of fused-ring (bicyclic) bond motifs is 11. The maximum Gasteiger partial charge on any atom is 0.143 e. The van der Waals surface area contributed by atoms with Crippen LogP contribution in [0.4, 0.5) is 17.1 Å². The smallest absolute Gasteiger partial charge is 0.143 e. The van der Waals surface area contributed by atoms with E-state index in [4.69, 9.17) is 4.42 Å². The van der Waals surface area contributed by atoms with Crippen molar-refractivity contribution in [3.63, 3.8) is 0 Å². The zero-order valence-electron chi connectivity index (χ0n) is 35.7. The van der Waals surface area contributed by atoms with E-state index in [0.717, 1.165) is 55.5 Å². The highest BCUT2D eigenvalue weighted by Crippen LogP contribution is 2.58. The van der Waals surface area contributed by atoms with Gasteiger partial charge in [-0.05, 0) is 109 Å². The molecular weight excluding hydrogens is 775 g/mol. The molecule has 0 amide bonds. The third-order valence-corrected chi connectivity index (χ3v) is 14.3. The molecule has 0 radical (unpaired) electrons. The summed E-state index contributed by atoms with van der Waals surface area (Å²) in [5, 5.41) is 4.52. The van der Waals surface area contributed by atoms with Gasteiger partial charge in [-0.25, -0.2) is 0 Å². The predicted octanol–water partition coefficient (Wildman–Crippen LogP) is 16.5. The van der Waals surface area contributed by atoms with Crippen molar-refractivity contribution in [2.45, 2.75) is 24.7 Å². The van der Waals surface area contributed by atoms with Crippen molar-refractivity contribution < 1.29 is 4.42 Å². The second-order valence-corrected chi connectivity index (χ2v) is 18.0. The molecule has 2 nitrogen and oxygen atoms in total. The summed E-state index contributed by atoms with van der Waals surface area (Å²) in [6, 6.07) is 82.8. The first-order valence-electron chi connectivity index (χ1n) is 22.3. The SMILES string of the molecule is CC1(C)c2ccccc2-c2ccc(N(c3ccc4c(c3)C(c3ccccc3)(c3ccccc3)c3ccccc3-4)c3cc(-c4ccccc4)c4c(c3)oc3c5ccccc5ccc34)cc21. The summed E-state index contributed by atoms with van der Waals surface area (Å²) in [5.41, 5.74) is 19.4. The Hall–Kier alpha value is -7.94. The number of benzene rings is 10. The van der Waals surface area contributed by atoms with Crippen molar-refractivity contribution in [3.05, 3.63) is 258 Å². The highest BCUT2D eigenvalue weighted by molar-refractivity contribution is 6.20. The van der Waals surface area contributed by atoms with Gasteiger partial charge in [0.25, 0.3) is 0 Å². The van der Waals surface area contributed by atoms with Gasteiger partial charge < -0.3 is 9.32 Å². The molecule has 1 aromatic heterocycles. The number of nitrogens with zero attached hydrogens (tertiary/aromatic N) is 1. The van der Waals surface area contributed by atoms with Gasteiger partial charge >= 0.3 is 0 Å². The minimum absolute atomic E-state index is 0.179. The van der Waals surface area contributed by atoms with Crippen LogP contribution in [0.3, 0.4) is 0 Å². The Morgan fingerprint density at radius 2 is 0.922 bits per heavy atom. The molecule has 0 aliphatic heterocycles. The lowest BCUT2D eigenvalue weighted by molar-refractivity contribution is 0.660. The van der Waals surface area contributed by atoms with Gasteiger partial charge in [0, 0.05) is 39.0 Å². The predicted molar refractivity (Wildman–Crippen MR) is 266 cm³/mol. The van der Waals surface area contributed by atoms with Crippen molar-refractivity contribution in [2.75, 3.05) is 4.90 Å². The number of hydrogen-bond acceptors (Lipinski definition) is 2. The normalized spacial score (nSPS) is 14.0. The van der Waals surface area contributed by atoms with E-state index in [1.54, 1.807) is 0 Å². The lowest BCUT2D eigenvalue weighted by Gasteiger charge is -2.35. The summed E-state index contributed by atoms with van der Waals surface area (Å²) >= 11 is 0. The Bertz CT molecular complexity index is 3600. The Kier molecular flexibility index (Phi) is 7.90. The highest BCUT2D eigenvalue weighted by Gasteiger charge is 2.46. The van der Waals surface area contributed by atoms with Crippen molar-refractivity contribution in [3.8, 4) is 33.4 Å². The maximum atomic E-state index is 7.08. The van der Waals surface area contributed by atoms with Crippen LogP contribution in [-0.4, -0.2) is 0 Å². The van der Waals surface area contributed by atoms with E-state index in [-0.39, 0.29) is 5.41 Å².